The van der Waals surface area contributed by atoms with Crippen LogP contribution >= 0.6 is 0 Å². The van der Waals surface area contributed by atoms with E-state index in [0.29, 0.717) is 0 Å². The summed E-state index contributed by atoms with van der Waals surface area (Å²) >= 11 is 0. The Balaban J connectivity index is 1.12. The van der Waals surface area contributed by atoms with Crippen molar-refractivity contribution in [1.82, 2.24) is 15.0 Å². The van der Waals surface area contributed by atoms with Crippen LogP contribution in [0.3, 0.4) is 0 Å². The Morgan fingerprint density at radius 1 is 0.467 bits per heavy atom. The van der Waals surface area contributed by atoms with E-state index in [0.717, 1.165) is 61.0 Å². The molecule has 8 aromatic rings. The highest BCUT2D eigenvalue weighted by Gasteiger charge is 2.35. The number of fused-ring (bicyclic) bond motifs is 7. The molecule has 3 heterocycles. The van der Waals surface area contributed by atoms with Crippen molar-refractivity contribution in [1.29, 1.82) is 0 Å². The van der Waals surface area contributed by atoms with Crippen molar-refractivity contribution >= 4 is 32.6 Å². The zero-order valence-corrected chi connectivity index (χ0v) is 25.1. The molecule has 45 heavy (non-hydrogen) atoms. The summed E-state index contributed by atoms with van der Waals surface area (Å²) < 4.78 is 0. The van der Waals surface area contributed by atoms with Crippen molar-refractivity contribution < 1.29 is 0 Å². The number of rotatable bonds is 3. The van der Waals surface area contributed by atoms with E-state index in [9.17, 15) is 0 Å². The number of nitrogens with zero attached hydrogens (tertiary/aromatic N) is 3. The molecule has 0 saturated heterocycles. The van der Waals surface area contributed by atoms with Crippen molar-refractivity contribution in [2.24, 2.45) is 0 Å². The predicted octanol–water partition coefficient (Wildman–Crippen LogP) is 10.6. The van der Waals surface area contributed by atoms with E-state index in [4.69, 9.17) is 15.0 Å². The molecule has 3 heteroatoms. The summed E-state index contributed by atoms with van der Waals surface area (Å²) in [6.07, 6.45) is 1.88. The lowest BCUT2D eigenvalue weighted by Gasteiger charge is -2.21. The Hall–Kier alpha value is -5.67. The first-order valence-electron chi connectivity index (χ1n) is 15.4. The van der Waals surface area contributed by atoms with Crippen molar-refractivity contribution in [2.45, 2.75) is 19.3 Å². The Morgan fingerprint density at radius 3 is 1.84 bits per heavy atom. The molecule has 0 spiro atoms. The van der Waals surface area contributed by atoms with E-state index in [1.807, 2.05) is 6.20 Å². The van der Waals surface area contributed by atoms with Gasteiger partial charge in [0.2, 0.25) is 0 Å². The van der Waals surface area contributed by atoms with Gasteiger partial charge in [-0.2, -0.15) is 0 Å². The van der Waals surface area contributed by atoms with Crippen LogP contribution in [0.4, 0.5) is 0 Å². The molecule has 212 valence electrons. The summed E-state index contributed by atoms with van der Waals surface area (Å²) in [6.45, 7) is 4.64. The van der Waals surface area contributed by atoms with Crippen molar-refractivity contribution in [3.63, 3.8) is 0 Å². The molecule has 3 aromatic heterocycles. The van der Waals surface area contributed by atoms with Gasteiger partial charge in [0.25, 0.3) is 0 Å². The average Bonchev–Trinajstić information content (AvgIpc) is 3.33. The van der Waals surface area contributed by atoms with Crippen molar-refractivity contribution in [2.75, 3.05) is 0 Å². The third-order valence-corrected chi connectivity index (χ3v) is 9.53. The van der Waals surface area contributed by atoms with Crippen LogP contribution in [0.25, 0.3) is 77.5 Å². The second-order valence-electron chi connectivity index (χ2n) is 12.5. The van der Waals surface area contributed by atoms with Crippen LogP contribution in [-0.2, 0) is 5.41 Å². The van der Waals surface area contributed by atoms with Crippen LogP contribution in [0.15, 0.2) is 140 Å². The van der Waals surface area contributed by atoms with Crippen LogP contribution < -0.4 is 0 Å². The second-order valence-corrected chi connectivity index (χ2v) is 12.5. The van der Waals surface area contributed by atoms with Gasteiger partial charge < -0.3 is 0 Å². The lowest BCUT2D eigenvalue weighted by Crippen LogP contribution is -2.14. The average molecular weight is 576 g/mol. The minimum atomic E-state index is -0.0544. The molecule has 3 nitrogen and oxygen atoms in total. The molecule has 0 saturated carbocycles. The van der Waals surface area contributed by atoms with E-state index < -0.39 is 0 Å². The van der Waals surface area contributed by atoms with E-state index in [2.05, 4.69) is 147 Å². The van der Waals surface area contributed by atoms with Gasteiger partial charge in [-0.3, -0.25) is 4.98 Å². The zero-order valence-electron chi connectivity index (χ0n) is 25.1. The fourth-order valence-corrected chi connectivity index (χ4v) is 7.10. The molecule has 0 N–H and O–H groups in total. The first kappa shape index (κ1) is 25.8. The van der Waals surface area contributed by atoms with Crippen LogP contribution in [-0.4, -0.2) is 15.0 Å². The zero-order chi connectivity index (χ0) is 30.1. The van der Waals surface area contributed by atoms with E-state index in [1.54, 1.807) is 0 Å². The molecule has 9 rings (SSSR count). The van der Waals surface area contributed by atoms with Gasteiger partial charge in [-0.15, -0.1) is 0 Å². The fraction of sp³-hybridized carbons (Fsp3) is 0.0714. The fourth-order valence-electron chi connectivity index (χ4n) is 7.10. The molecule has 0 bridgehead atoms. The van der Waals surface area contributed by atoms with Gasteiger partial charge in [0.15, 0.2) is 0 Å². The molecule has 0 amide bonds. The maximum Gasteiger partial charge on any atom is 0.0972 e. The third kappa shape index (κ3) is 4.01. The highest BCUT2D eigenvalue weighted by atomic mass is 14.8. The van der Waals surface area contributed by atoms with Crippen molar-refractivity contribution in [3.05, 3.63) is 151 Å². The van der Waals surface area contributed by atoms with Crippen LogP contribution in [0.5, 0.6) is 0 Å². The monoisotopic (exact) mass is 575 g/mol. The number of pyridine rings is 3. The molecule has 1 aliphatic rings. The molecule has 5 aromatic carbocycles. The number of benzene rings is 5. The summed E-state index contributed by atoms with van der Waals surface area (Å²) in [4.78, 5) is 15.1. The summed E-state index contributed by atoms with van der Waals surface area (Å²) in [7, 11) is 0. The van der Waals surface area contributed by atoms with Gasteiger partial charge in [-0.1, -0.05) is 123 Å². The normalized spacial score (nSPS) is 13.3. The molecule has 0 radical (unpaired) electrons. The Morgan fingerprint density at radius 2 is 1.07 bits per heavy atom. The minimum Gasteiger partial charge on any atom is -0.256 e. The second kappa shape index (κ2) is 9.67. The summed E-state index contributed by atoms with van der Waals surface area (Å²) in [5.74, 6) is 0. The summed E-state index contributed by atoms with van der Waals surface area (Å²) in [5, 5.41) is 4.51. The van der Waals surface area contributed by atoms with Gasteiger partial charge in [-0.25, -0.2) is 9.97 Å². The smallest absolute Gasteiger partial charge is 0.0972 e. The lowest BCUT2D eigenvalue weighted by atomic mass is 9.82. The van der Waals surface area contributed by atoms with Gasteiger partial charge in [0, 0.05) is 44.5 Å². The highest BCUT2D eigenvalue weighted by molar-refractivity contribution is 6.04. The number of aromatic nitrogens is 3. The van der Waals surface area contributed by atoms with Crippen LogP contribution in [0.2, 0.25) is 0 Å². The summed E-state index contributed by atoms with van der Waals surface area (Å²) in [5.41, 5.74) is 13.3. The van der Waals surface area contributed by atoms with Crippen LogP contribution in [0, 0.1) is 0 Å². The van der Waals surface area contributed by atoms with E-state index in [-0.39, 0.29) is 5.41 Å². The highest BCUT2D eigenvalue weighted by Crippen LogP contribution is 2.49. The number of hydrogen-bond acceptors (Lipinski definition) is 3. The lowest BCUT2D eigenvalue weighted by molar-refractivity contribution is 0.660. The van der Waals surface area contributed by atoms with Gasteiger partial charge in [0.05, 0.1) is 28.1 Å². The molecule has 0 atom stereocenters. The first-order chi connectivity index (χ1) is 22.0. The molecule has 1 aliphatic carbocycles. The third-order valence-electron chi connectivity index (χ3n) is 9.53. The maximum absolute atomic E-state index is 5.24. The molecular weight excluding hydrogens is 546 g/mol. The predicted molar refractivity (Wildman–Crippen MR) is 186 cm³/mol. The Bertz CT molecular complexity index is 2450. The van der Waals surface area contributed by atoms with Gasteiger partial charge >= 0.3 is 0 Å². The quantitative estimate of drug-likeness (QED) is 0.197. The number of hydrogen-bond donors (Lipinski definition) is 0. The Labute approximate surface area is 261 Å². The van der Waals surface area contributed by atoms with E-state index in [1.165, 1.54) is 27.6 Å². The molecule has 0 aliphatic heterocycles. The standard InChI is InChI=1S/C42H29N3/c1-42(2)35-10-6-5-9-33(35)34-20-17-31(25-36(34)42)38-22-19-30-16-15-29-18-21-37(44-40(29)41(30)45-38)27-11-13-28(14-12-27)39-32-8-4-3-7-26(32)23-24-43-39/h3-25H,1-2H3. The topological polar surface area (TPSA) is 38.7 Å². The van der Waals surface area contributed by atoms with E-state index >= 15 is 0 Å². The van der Waals surface area contributed by atoms with Gasteiger partial charge in [-0.05, 0) is 51.9 Å². The SMILES string of the molecule is CC1(C)c2ccccc2-c2ccc(-c3ccc4ccc5ccc(-c6ccc(-c7nccc8ccccc78)cc6)nc5c4n3)cc21. The molecular formula is C42H29N3. The maximum atomic E-state index is 5.24. The molecule has 0 unspecified atom stereocenters. The summed E-state index contributed by atoms with van der Waals surface area (Å²) in [6, 6.07) is 47.4. The van der Waals surface area contributed by atoms with Crippen molar-refractivity contribution in [3.8, 4) is 44.9 Å². The van der Waals surface area contributed by atoms with Crippen LogP contribution in [0.1, 0.15) is 25.0 Å². The van der Waals surface area contributed by atoms with Gasteiger partial charge in [0.1, 0.15) is 0 Å². The largest absolute Gasteiger partial charge is 0.256 e. The Kier molecular flexibility index (Phi) is 5.54. The first-order valence-corrected chi connectivity index (χ1v) is 15.4. The molecule has 0 fully saturated rings. The minimum absolute atomic E-state index is 0.0544.